The maximum atomic E-state index is 12.6. The van der Waals surface area contributed by atoms with Gasteiger partial charge in [-0.25, -0.2) is 0 Å². The van der Waals surface area contributed by atoms with Crippen molar-refractivity contribution in [2.45, 2.75) is 51.5 Å². The molecule has 1 unspecified atom stereocenters. The van der Waals surface area contributed by atoms with Crippen LogP contribution in [0.5, 0.6) is 0 Å². The molecule has 2 aliphatic heterocycles. The summed E-state index contributed by atoms with van der Waals surface area (Å²) in [4.78, 5) is 28.5. The molecule has 0 aliphatic carbocycles. The van der Waals surface area contributed by atoms with Crippen LogP contribution in [0.25, 0.3) is 0 Å². The lowest BCUT2D eigenvalue weighted by Gasteiger charge is -2.32. The molecule has 0 saturated carbocycles. The van der Waals surface area contributed by atoms with Crippen molar-refractivity contribution in [1.82, 2.24) is 10.2 Å². The molecule has 0 radical (unpaired) electrons. The minimum atomic E-state index is 0.0224. The summed E-state index contributed by atoms with van der Waals surface area (Å²) in [6, 6.07) is 7.75. The number of benzene rings is 1. The van der Waals surface area contributed by atoms with E-state index in [4.69, 9.17) is 11.6 Å². The van der Waals surface area contributed by atoms with E-state index in [0.29, 0.717) is 23.7 Å². The number of nitrogens with zero attached hydrogens (tertiary/aromatic N) is 1. The third-order valence-electron chi connectivity index (χ3n) is 6.30. The topological polar surface area (TPSA) is 53.9 Å². The van der Waals surface area contributed by atoms with Crippen molar-refractivity contribution in [2.24, 2.45) is 5.92 Å². The average molecular weight is 407 g/mol. The van der Waals surface area contributed by atoms with Crippen LogP contribution in [0, 0.1) is 5.92 Å². The first-order valence-corrected chi connectivity index (χ1v) is 11.1. The van der Waals surface area contributed by atoms with E-state index in [1.165, 1.54) is 25.8 Å². The fourth-order valence-electron chi connectivity index (χ4n) is 4.42. The van der Waals surface area contributed by atoms with Crippen molar-refractivity contribution in [3.63, 3.8) is 0 Å². The molecule has 6 heteroatoms. The maximum absolute atomic E-state index is 12.6. The lowest BCUT2D eigenvalue weighted by molar-refractivity contribution is -0.928. The molecule has 0 aromatic heterocycles. The number of carbonyl (C=O) groups excluding carboxylic acids is 2. The Morgan fingerprint density at radius 3 is 2.54 bits per heavy atom. The van der Waals surface area contributed by atoms with E-state index in [9.17, 15) is 9.59 Å². The molecule has 1 aromatic rings. The zero-order valence-electron chi connectivity index (χ0n) is 16.9. The lowest BCUT2D eigenvalue weighted by atomic mass is 9.95. The van der Waals surface area contributed by atoms with E-state index < -0.39 is 0 Å². The van der Waals surface area contributed by atoms with Crippen molar-refractivity contribution in [1.29, 1.82) is 0 Å². The average Bonchev–Trinajstić information content (AvgIpc) is 2.72. The Morgan fingerprint density at radius 2 is 1.86 bits per heavy atom. The number of carbonyl (C=O) groups is 2. The van der Waals surface area contributed by atoms with Crippen molar-refractivity contribution < 1.29 is 14.5 Å². The highest BCUT2D eigenvalue weighted by molar-refractivity contribution is 6.30. The quantitative estimate of drug-likeness (QED) is 0.711. The summed E-state index contributed by atoms with van der Waals surface area (Å²) in [6.07, 6.45) is 6.54. The molecule has 2 saturated heterocycles. The van der Waals surface area contributed by atoms with Gasteiger partial charge in [0.05, 0.1) is 19.1 Å². The number of hydrogen-bond donors (Lipinski definition) is 2. The van der Waals surface area contributed by atoms with E-state index in [0.717, 1.165) is 38.4 Å². The molecule has 1 aromatic carbocycles. The number of likely N-dealkylation sites (tertiary alicyclic amines) is 2. The predicted octanol–water partition coefficient (Wildman–Crippen LogP) is 2.16. The highest BCUT2D eigenvalue weighted by Gasteiger charge is 2.28. The predicted molar refractivity (Wildman–Crippen MR) is 112 cm³/mol. The second kappa shape index (κ2) is 10.3. The van der Waals surface area contributed by atoms with Crippen molar-refractivity contribution in [3.8, 4) is 0 Å². The molecule has 2 heterocycles. The van der Waals surface area contributed by atoms with Crippen LogP contribution in [-0.2, 0) is 4.79 Å². The second-order valence-corrected chi connectivity index (χ2v) is 8.71. The maximum Gasteiger partial charge on any atom is 0.253 e. The van der Waals surface area contributed by atoms with Gasteiger partial charge in [0.2, 0.25) is 5.91 Å². The van der Waals surface area contributed by atoms with Gasteiger partial charge in [0, 0.05) is 42.6 Å². The van der Waals surface area contributed by atoms with Gasteiger partial charge in [0.25, 0.3) is 5.91 Å². The lowest BCUT2D eigenvalue weighted by Crippen LogP contribution is -3.16. The Morgan fingerprint density at radius 1 is 1.14 bits per heavy atom. The zero-order chi connectivity index (χ0) is 19.9. The summed E-state index contributed by atoms with van der Waals surface area (Å²) in [7, 11) is 0. The number of halogens is 1. The van der Waals surface area contributed by atoms with Crippen molar-refractivity contribution in [3.05, 3.63) is 34.9 Å². The van der Waals surface area contributed by atoms with Crippen LogP contribution in [0.1, 0.15) is 55.8 Å². The fourth-order valence-corrected chi connectivity index (χ4v) is 4.54. The van der Waals surface area contributed by atoms with E-state index in [1.807, 2.05) is 4.90 Å². The minimum absolute atomic E-state index is 0.0224. The molecular formula is C22H33ClN3O2+. The highest BCUT2D eigenvalue weighted by atomic mass is 35.5. The third-order valence-corrected chi connectivity index (χ3v) is 6.55. The molecule has 154 valence electrons. The van der Waals surface area contributed by atoms with E-state index in [1.54, 1.807) is 29.2 Å². The Kier molecular flexibility index (Phi) is 7.74. The number of hydrogen-bond acceptors (Lipinski definition) is 2. The normalized spacial score (nSPS) is 23.4. The molecule has 2 fully saturated rings. The first-order valence-electron chi connectivity index (χ1n) is 10.7. The van der Waals surface area contributed by atoms with Gasteiger partial charge in [-0.05, 0) is 63.3 Å². The number of quaternary nitrogens is 1. The summed E-state index contributed by atoms with van der Waals surface area (Å²) in [6.45, 7) is 6.79. The first-order chi connectivity index (χ1) is 13.5. The summed E-state index contributed by atoms with van der Waals surface area (Å²) >= 11 is 5.89. The Bertz CT molecular complexity index is 656. The van der Waals surface area contributed by atoms with Gasteiger partial charge in [0.15, 0.2) is 0 Å². The molecular weight excluding hydrogens is 374 g/mol. The Labute approximate surface area is 173 Å². The molecule has 2 N–H and O–H groups in total. The molecule has 5 nitrogen and oxygen atoms in total. The molecule has 2 atom stereocenters. The number of nitrogens with one attached hydrogen (secondary N) is 2. The van der Waals surface area contributed by atoms with E-state index in [2.05, 4.69) is 12.2 Å². The van der Waals surface area contributed by atoms with Crippen molar-refractivity contribution in [2.75, 3.05) is 32.7 Å². The van der Waals surface area contributed by atoms with Crippen LogP contribution < -0.4 is 10.2 Å². The van der Waals surface area contributed by atoms with Gasteiger partial charge < -0.3 is 15.1 Å². The van der Waals surface area contributed by atoms with Crippen LogP contribution in [0.15, 0.2) is 24.3 Å². The minimum Gasteiger partial charge on any atom is -0.356 e. The van der Waals surface area contributed by atoms with Gasteiger partial charge >= 0.3 is 0 Å². The molecule has 2 amide bonds. The molecule has 0 bridgehead atoms. The number of rotatable bonds is 6. The third kappa shape index (κ3) is 5.71. The largest absolute Gasteiger partial charge is 0.356 e. The van der Waals surface area contributed by atoms with E-state index >= 15 is 0 Å². The monoisotopic (exact) mass is 406 g/mol. The van der Waals surface area contributed by atoms with E-state index in [-0.39, 0.29) is 17.7 Å². The molecule has 28 heavy (non-hydrogen) atoms. The van der Waals surface area contributed by atoms with Crippen LogP contribution in [0.4, 0.5) is 0 Å². The van der Waals surface area contributed by atoms with Gasteiger partial charge in [-0.2, -0.15) is 0 Å². The second-order valence-electron chi connectivity index (χ2n) is 8.27. The highest BCUT2D eigenvalue weighted by Crippen LogP contribution is 2.20. The summed E-state index contributed by atoms with van der Waals surface area (Å²) in [5, 5.41) is 3.75. The summed E-state index contributed by atoms with van der Waals surface area (Å²) in [5.74, 6) is 0.199. The van der Waals surface area contributed by atoms with Crippen LogP contribution in [0.3, 0.4) is 0 Å². The van der Waals surface area contributed by atoms with Crippen LogP contribution >= 0.6 is 11.6 Å². The molecule has 3 rings (SSSR count). The van der Waals surface area contributed by atoms with Gasteiger partial charge in [0.1, 0.15) is 0 Å². The SMILES string of the molecule is C[C@H]1CCCC[NH+]1CCCNC(=O)C1CCN(C(=O)c2ccc(Cl)cc2)CC1. The summed E-state index contributed by atoms with van der Waals surface area (Å²) in [5.41, 5.74) is 0.654. The van der Waals surface area contributed by atoms with Gasteiger partial charge in [-0.3, -0.25) is 9.59 Å². The number of amides is 2. The molecule has 0 spiro atoms. The summed E-state index contributed by atoms with van der Waals surface area (Å²) < 4.78 is 0. The van der Waals surface area contributed by atoms with Gasteiger partial charge in [-0.15, -0.1) is 0 Å². The molecule has 2 aliphatic rings. The standard InChI is InChI=1S/C22H32ClN3O2/c1-17-5-2-3-13-25(17)14-4-12-24-21(27)18-10-15-26(16-11-18)22(28)19-6-8-20(23)9-7-19/h6-9,17-18H,2-5,10-16H2,1H3,(H,24,27)/p+1/t17-/m0/s1. The first kappa shape index (κ1) is 21.1. The fraction of sp³-hybridized carbons (Fsp3) is 0.636. The Balaban J connectivity index is 1.35. The van der Waals surface area contributed by atoms with Crippen LogP contribution in [-0.4, -0.2) is 55.5 Å². The smallest absolute Gasteiger partial charge is 0.253 e. The van der Waals surface area contributed by atoms with Gasteiger partial charge in [-0.1, -0.05) is 11.6 Å². The Hall–Kier alpha value is -1.59. The van der Waals surface area contributed by atoms with Crippen LogP contribution in [0.2, 0.25) is 5.02 Å². The number of piperidine rings is 2. The van der Waals surface area contributed by atoms with Crippen molar-refractivity contribution >= 4 is 23.4 Å². The zero-order valence-corrected chi connectivity index (χ0v) is 17.6.